The lowest BCUT2D eigenvalue weighted by Gasteiger charge is -2.19. The van der Waals surface area contributed by atoms with Crippen molar-refractivity contribution in [3.05, 3.63) is 0 Å². The molecule has 1 atom stereocenters. The molecule has 0 aliphatic heterocycles. The van der Waals surface area contributed by atoms with Gasteiger partial charge in [0, 0.05) is 26.3 Å². The van der Waals surface area contributed by atoms with Crippen LogP contribution in [-0.4, -0.2) is 38.8 Å². The van der Waals surface area contributed by atoms with E-state index in [1.165, 1.54) is 12.8 Å². The monoisotopic (exact) mass is 256 g/mol. The van der Waals surface area contributed by atoms with E-state index in [0.29, 0.717) is 17.9 Å². The van der Waals surface area contributed by atoms with Crippen molar-refractivity contribution < 1.29 is 9.53 Å². The molecule has 0 bridgehead atoms. The van der Waals surface area contributed by atoms with Gasteiger partial charge in [0.1, 0.15) is 0 Å². The molecule has 4 nitrogen and oxygen atoms in total. The Kier molecular flexibility index (Phi) is 6.09. The zero-order valence-electron chi connectivity index (χ0n) is 12.2. The van der Waals surface area contributed by atoms with Crippen LogP contribution in [0.2, 0.25) is 0 Å². The average Bonchev–Trinajstić information content (AvgIpc) is 3.07. The van der Waals surface area contributed by atoms with Gasteiger partial charge in [0.25, 0.3) is 0 Å². The number of amides is 1. The lowest BCUT2D eigenvalue weighted by atomic mass is 10.0. The quantitative estimate of drug-likeness (QED) is 0.658. The van der Waals surface area contributed by atoms with Crippen LogP contribution in [0, 0.1) is 11.3 Å². The van der Waals surface area contributed by atoms with Crippen molar-refractivity contribution >= 4 is 5.91 Å². The third-order valence-corrected chi connectivity index (χ3v) is 3.97. The van der Waals surface area contributed by atoms with Gasteiger partial charge in [0.05, 0.1) is 6.54 Å². The number of rotatable bonds is 9. The van der Waals surface area contributed by atoms with E-state index >= 15 is 0 Å². The van der Waals surface area contributed by atoms with Crippen molar-refractivity contribution in [2.24, 2.45) is 11.3 Å². The Morgan fingerprint density at radius 1 is 1.33 bits per heavy atom. The van der Waals surface area contributed by atoms with E-state index in [4.69, 9.17) is 4.74 Å². The predicted molar refractivity (Wildman–Crippen MR) is 73.5 cm³/mol. The normalized spacial score (nSPS) is 18.7. The number of nitrogens with one attached hydrogen (secondary N) is 2. The molecule has 1 amide bonds. The largest absolute Gasteiger partial charge is 0.385 e. The van der Waals surface area contributed by atoms with E-state index in [9.17, 15) is 4.79 Å². The van der Waals surface area contributed by atoms with Gasteiger partial charge in [-0.15, -0.1) is 0 Å². The minimum Gasteiger partial charge on any atom is -0.385 e. The minimum absolute atomic E-state index is 0.0961. The second kappa shape index (κ2) is 7.10. The highest BCUT2D eigenvalue weighted by Gasteiger charge is 2.41. The maximum absolute atomic E-state index is 11.7. The van der Waals surface area contributed by atoms with Gasteiger partial charge in [0.2, 0.25) is 5.91 Å². The van der Waals surface area contributed by atoms with Crippen LogP contribution < -0.4 is 10.6 Å². The lowest BCUT2D eigenvalue weighted by molar-refractivity contribution is -0.121. The second-order valence-corrected chi connectivity index (χ2v) is 5.95. The third-order valence-electron chi connectivity index (χ3n) is 3.97. The van der Waals surface area contributed by atoms with Crippen LogP contribution in [0.3, 0.4) is 0 Å². The van der Waals surface area contributed by atoms with Crippen LogP contribution in [0.4, 0.5) is 0 Å². The molecule has 0 aromatic heterocycles. The Bertz CT molecular complexity index is 263. The average molecular weight is 256 g/mol. The molecule has 4 heteroatoms. The maximum Gasteiger partial charge on any atom is 0.234 e. The minimum atomic E-state index is 0.0961. The SMILES string of the molecule is COCCC1(CNCC(=O)NC(C)C(C)C)CC1. The van der Waals surface area contributed by atoms with E-state index < -0.39 is 0 Å². The summed E-state index contributed by atoms with van der Waals surface area (Å²) in [5.74, 6) is 0.573. The number of ether oxygens (including phenoxy) is 1. The Labute approximate surface area is 111 Å². The van der Waals surface area contributed by atoms with Crippen molar-refractivity contribution in [2.45, 2.75) is 46.1 Å². The zero-order valence-corrected chi connectivity index (χ0v) is 12.2. The van der Waals surface area contributed by atoms with Gasteiger partial charge in [-0.1, -0.05) is 13.8 Å². The molecule has 1 fully saturated rings. The molecule has 0 spiro atoms. The van der Waals surface area contributed by atoms with E-state index in [0.717, 1.165) is 19.6 Å². The molecular formula is C14H28N2O2. The second-order valence-electron chi connectivity index (χ2n) is 5.95. The first-order valence-electron chi connectivity index (χ1n) is 6.98. The van der Waals surface area contributed by atoms with Crippen LogP contribution >= 0.6 is 0 Å². The maximum atomic E-state index is 11.7. The van der Waals surface area contributed by atoms with Crippen molar-refractivity contribution in [1.82, 2.24) is 10.6 Å². The summed E-state index contributed by atoms with van der Waals surface area (Å²) in [4.78, 5) is 11.7. The van der Waals surface area contributed by atoms with E-state index in [2.05, 4.69) is 24.5 Å². The predicted octanol–water partition coefficient (Wildman–Crippen LogP) is 1.55. The van der Waals surface area contributed by atoms with Crippen molar-refractivity contribution in [2.75, 3.05) is 26.8 Å². The molecule has 0 heterocycles. The number of carbonyl (C=O) groups is 1. The molecular weight excluding hydrogens is 228 g/mol. The number of hydrogen-bond donors (Lipinski definition) is 2. The molecule has 0 radical (unpaired) electrons. The molecule has 0 aromatic rings. The van der Waals surface area contributed by atoms with Gasteiger partial charge in [-0.3, -0.25) is 4.79 Å². The summed E-state index contributed by atoms with van der Waals surface area (Å²) in [5, 5.41) is 6.28. The van der Waals surface area contributed by atoms with Gasteiger partial charge in [-0.05, 0) is 37.5 Å². The van der Waals surface area contributed by atoms with E-state index in [1.54, 1.807) is 7.11 Å². The summed E-state index contributed by atoms with van der Waals surface area (Å²) >= 11 is 0. The van der Waals surface area contributed by atoms with Gasteiger partial charge in [-0.2, -0.15) is 0 Å². The summed E-state index contributed by atoms with van der Waals surface area (Å²) < 4.78 is 5.12. The van der Waals surface area contributed by atoms with Crippen LogP contribution in [0.1, 0.15) is 40.0 Å². The molecule has 1 unspecified atom stereocenters. The van der Waals surface area contributed by atoms with Gasteiger partial charge >= 0.3 is 0 Å². The number of carbonyl (C=O) groups excluding carboxylic acids is 1. The smallest absolute Gasteiger partial charge is 0.234 e. The first-order valence-corrected chi connectivity index (χ1v) is 6.98. The fraction of sp³-hybridized carbons (Fsp3) is 0.929. The Morgan fingerprint density at radius 2 is 2.00 bits per heavy atom. The van der Waals surface area contributed by atoms with Gasteiger partial charge < -0.3 is 15.4 Å². The molecule has 1 saturated carbocycles. The summed E-state index contributed by atoms with van der Waals surface area (Å²) in [6.07, 6.45) is 3.61. The standard InChI is InChI=1S/C14H28N2O2/c1-11(2)12(3)16-13(17)9-15-10-14(5-6-14)7-8-18-4/h11-12,15H,5-10H2,1-4H3,(H,16,17). The number of methoxy groups -OCH3 is 1. The zero-order chi connectivity index (χ0) is 13.6. The topological polar surface area (TPSA) is 50.4 Å². The Morgan fingerprint density at radius 3 is 2.50 bits per heavy atom. The van der Waals surface area contributed by atoms with E-state index in [1.807, 2.05) is 6.92 Å². The molecule has 1 rings (SSSR count). The summed E-state index contributed by atoms with van der Waals surface area (Å²) in [7, 11) is 1.74. The molecule has 0 aromatic carbocycles. The van der Waals surface area contributed by atoms with Gasteiger partial charge in [-0.25, -0.2) is 0 Å². The van der Waals surface area contributed by atoms with Crippen molar-refractivity contribution in [1.29, 1.82) is 0 Å². The van der Waals surface area contributed by atoms with Crippen molar-refractivity contribution in [3.8, 4) is 0 Å². The summed E-state index contributed by atoms with van der Waals surface area (Å²) in [5.41, 5.74) is 0.403. The Hall–Kier alpha value is -0.610. The van der Waals surface area contributed by atoms with Crippen LogP contribution in [0.25, 0.3) is 0 Å². The molecule has 1 aliphatic carbocycles. The Balaban J connectivity index is 2.12. The van der Waals surface area contributed by atoms with Crippen LogP contribution in [-0.2, 0) is 9.53 Å². The lowest BCUT2D eigenvalue weighted by Crippen LogP contribution is -2.42. The first-order chi connectivity index (χ1) is 8.49. The molecule has 106 valence electrons. The molecule has 1 aliphatic rings. The van der Waals surface area contributed by atoms with Crippen LogP contribution in [0.5, 0.6) is 0 Å². The molecule has 2 N–H and O–H groups in total. The first kappa shape index (κ1) is 15.4. The third kappa shape index (κ3) is 5.36. The van der Waals surface area contributed by atoms with E-state index in [-0.39, 0.29) is 11.9 Å². The molecule has 18 heavy (non-hydrogen) atoms. The fourth-order valence-electron chi connectivity index (χ4n) is 1.92. The van der Waals surface area contributed by atoms with Crippen molar-refractivity contribution in [3.63, 3.8) is 0 Å². The number of hydrogen-bond acceptors (Lipinski definition) is 3. The summed E-state index contributed by atoms with van der Waals surface area (Å²) in [6.45, 7) is 8.44. The van der Waals surface area contributed by atoms with Gasteiger partial charge in [0.15, 0.2) is 0 Å². The fourth-order valence-corrected chi connectivity index (χ4v) is 1.92. The summed E-state index contributed by atoms with van der Waals surface area (Å²) in [6, 6.07) is 0.239. The highest BCUT2D eigenvalue weighted by atomic mass is 16.5. The molecule has 0 saturated heterocycles. The highest BCUT2D eigenvalue weighted by molar-refractivity contribution is 5.78. The van der Waals surface area contributed by atoms with Crippen LogP contribution in [0.15, 0.2) is 0 Å². The highest BCUT2D eigenvalue weighted by Crippen LogP contribution is 2.48.